The largest absolute Gasteiger partial charge is 0.495 e. The van der Waals surface area contributed by atoms with Gasteiger partial charge in [0.2, 0.25) is 10.0 Å². The first-order valence-corrected chi connectivity index (χ1v) is 10.2. The predicted octanol–water partition coefficient (Wildman–Crippen LogP) is 0.0348. The Balaban J connectivity index is 0.00000529. The molecule has 8 nitrogen and oxygen atoms in total. The van der Waals surface area contributed by atoms with Gasteiger partial charge in [0, 0.05) is 33.0 Å². The molecule has 0 saturated carbocycles. The minimum atomic E-state index is -3.89. The van der Waals surface area contributed by atoms with Gasteiger partial charge in [-0.05, 0) is 18.2 Å². The number of sulfone groups is 1. The van der Waals surface area contributed by atoms with Crippen molar-refractivity contribution in [2.75, 3.05) is 46.7 Å². The minimum absolute atomic E-state index is 0. The lowest BCUT2D eigenvalue weighted by Gasteiger charge is -2.12. The van der Waals surface area contributed by atoms with Crippen molar-refractivity contribution in [3.8, 4) is 5.75 Å². The summed E-state index contributed by atoms with van der Waals surface area (Å²) < 4.78 is 60.1. The standard InChI is InChI=1S/C13H22N2O6S2.ClH/c1-20-9-8-14-6-7-15-23(18,19)13-10-11(22(3,16)17)4-5-12(13)21-2;/h4-5,10,14-15H,6-9H2,1-3H3;1H. The Hall–Kier alpha value is -0.910. The topological polar surface area (TPSA) is 111 Å². The summed E-state index contributed by atoms with van der Waals surface area (Å²) in [5.74, 6) is 0.0808. The molecule has 1 rings (SSSR count). The van der Waals surface area contributed by atoms with Crippen molar-refractivity contribution in [2.45, 2.75) is 9.79 Å². The molecule has 0 aliphatic heterocycles. The Morgan fingerprint density at radius 2 is 1.71 bits per heavy atom. The first-order valence-electron chi connectivity index (χ1n) is 6.80. The van der Waals surface area contributed by atoms with Crippen molar-refractivity contribution in [2.24, 2.45) is 0 Å². The smallest absolute Gasteiger partial charge is 0.244 e. The van der Waals surface area contributed by atoms with E-state index in [9.17, 15) is 16.8 Å². The number of benzene rings is 1. The van der Waals surface area contributed by atoms with Gasteiger partial charge in [0.25, 0.3) is 0 Å². The van der Waals surface area contributed by atoms with Crippen LogP contribution >= 0.6 is 12.4 Å². The Bertz CT molecular complexity index is 722. The summed E-state index contributed by atoms with van der Waals surface area (Å²) in [5.41, 5.74) is 0. The zero-order chi connectivity index (χ0) is 17.5. The van der Waals surface area contributed by atoms with Crippen molar-refractivity contribution in [3.63, 3.8) is 0 Å². The second-order valence-corrected chi connectivity index (χ2v) is 8.48. The second kappa shape index (κ2) is 10.2. The van der Waals surface area contributed by atoms with Crippen LogP contribution in [-0.4, -0.2) is 63.6 Å². The molecule has 140 valence electrons. The molecule has 0 radical (unpaired) electrons. The number of rotatable bonds is 10. The highest BCUT2D eigenvalue weighted by Crippen LogP contribution is 2.26. The first kappa shape index (κ1) is 23.1. The maximum atomic E-state index is 12.3. The van der Waals surface area contributed by atoms with Crippen molar-refractivity contribution >= 4 is 32.3 Å². The molecule has 0 atom stereocenters. The lowest BCUT2D eigenvalue weighted by molar-refractivity contribution is 0.199. The van der Waals surface area contributed by atoms with Crippen LogP contribution in [0.3, 0.4) is 0 Å². The van der Waals surface area contributed by atoms with E-state index in [-0.39, 0.29) is 34.5 Å². The van der Waals surface area contributed by atoms with Crippen LogP contribution in [0.25, 0.3) is 0 Å². The van der Waals surface area contributed by atoms with Gasteiger partial charge in [0.1, 0.15) is 10.6 Å². The monoisotopic (exact) mass is 402 g/mol. The van der Waals surface area contributed by atoms with Crippen LogP contribution in [0.4, 0.5) is 0 Å². The fraction of sp³-hybridized carbons (Fsp3) is 0.538. The highest BCUT2D eigenvalue weighted by Gasteiger charge is 2.21. The minimum Gasteiger partial charge on any atom is -0.495 e. The van der Waals surface area contributed by atoms with Crippen molar-refractivity contribution < 1.29 is 26.3 Å². The van der Waals surface area contributed by atoms with Gasteiger partial charge in [-0.3, -0.25) is 0 Å². The zero-order valence-electron chi connectivity index (χ0n) is 13.7. The van der Waals surface area contributed by atoms with Crippen LogP contribution in [-0.2, 0) is 24.6 Å². The number of nitrogens with one attached hydrogen (secondary N) is 2. The van der Waals surface area contributed by atoms with Crippen LogP contribution in [0, 0.1) is 0 Å². The molecule has 0 amide bonds. The van der Waals surface area contributed by atoms with E-state index in [1.165, 1.54) is 19.2 Å². The Labute approximate surface area is 149 Å². The number of ether oxygens (including phenoxy) is 2. The molecule has 0 fully saturated rings. The second-order valence-electron chi connectivity index (χ2n) is 4.73. The van der Waals surface area contributed by atoms with E-state index in [4.69, 9.17) is 9.47 Å². The summed E-state index contributed by atoms with van der Waals surface area (Å²) in [6.45, 7) is 1.69. The highest BCUT2D eigenvalue weighted by molar-refractivity contribution is 7.91. The molecule has 0 heterocycles. The Morgan fingerprint density at radius 1 is 1.04 bits per heavy atom. The van der Waals surface area contributed by atoms with Crippen LogP contribution in [0.2, 0.25) is 0 Å². The summed E-state index contributed by atoms with van der Waals surface area (Å²) in [6.07, 6.45) is 1.01. The van der Waals surface area contributed by atoms with E-state index < -0.39 is 19.9 Å². The molecule has 0 bridgehead atoms. The number of methoxy groups -OCH3 is 2. The summed E-state index contributed by atoms with van der Waals surface area (Å²) in [5, 5.41) is 3.00. The number of hydrogen-bond donors (Lipinski definition) is 2. The molecular weight excluding hydrogens is 380 g/mol. The summed E-state index contributed by atoms with van der Waals surface area (Å²) >= 11 is 0. The average molecular weight is 403 g/mol. The van der Waals surface area contributed by atoms with Gasteiger partial charge in [-0.2, -0.15) is 0 Å². The van der Waals surface area contributed by atoms with E-state index in [2.05, 4.69) is 10.0 Å². The van der Waals surface area contributed by atoms with Crippen LogP contribution in [0.5, 0.6) is 5.75 Å². The molecule has 0 saturated heterocycles. The molecule has 2 N–H and O–H groups in total. The molecule has 11 heteroatoms. The van der Waals surface area contributed by atoms with E-state index in [0.29, 0.717) is 19.7 Å². The Morgan fingerprint density at radius 3 is 2.25 bits per heavy atom. The van der Waals surface area contributed by atoms with Crippen molar-refractivity contribution in [1.29, 1.82) is 0 Å². The Kier molecular flexibility index (Phi) is 9.78. The van der Waals surface area contributed by atoms with E-state index in [0.717, 1.165) is 12.3 Å². The SMILES string of the molecule is COCCNCCNS(=O)(=O)c1cc(S(C)(=O)=O)ccc1OC.Cl. The molecular formula is C13H23ClN2O6S2. The molecule has 1 aromatic carbocycles. The van der Waals surface area contributed by atoms with Crippen LogP contribution in [0.1, 0.15) is 0 Å². The lowest BCUT2D eigenvalue weighted by atomic mass is 10.3. The van der Waals surface area contributed by atoms with Crippen LogP contribution in [0.15, 0.2) is 28.0 Å². The maximum Gasteiger partial charge on any atom is 0.244 e. The predicted molar refractivity (Wildman–Crippen MR) is 93.3 cm³/mol. The zero-order valence-corrected chi connectivity index (χ0v) is 16.2. The van der Waals surface area contributed by atoms with Gasteiger partial charge in [0.05, 0.1) is 18.6 Å². The van der Waals surface area contributed by atoms with Gasteiger partial charge in [-0.25, -0.2) is 21.6 Å². The van der Waals surface area contributed by atoms with Crippen molar-refractivity contribution in [1.82, 2.24) is 10.0 Å². The summed E-state index contributed by atoms with van der Waals surface area (Å²) in [6, 6.07) is 3.72. The third-order valence-electron chi connectivity index (χ3n) is 2.93. The first-order chi connectivity index (χ1) is 10.7. The maximum absolute atomic E-state index is 12.3. The number of sulfonamides is 1. The fourth-order valence-electron chi connectivity index (χ4n) is 1.75. The normalized spacial score (nSPS) is 11.8. The van der Waals surface area contributed by atoms with Crippen molar-refractivity contribution in [3.05, 3.63) is 18.2 Å². The van der Waals surface area contributed by atoms with Gasteiger partial charge in [0.15, 0.2) is 9.84 Å². The summed E-state index contributed by atoms with van der Waals surface area (Å²) in [4.78, 5) is -0.295. The third-order valence-corrected chi connectivity index (χ3v) is 5.52. The van der Waals surface area contributed by atoms with Gasteiger partial charge < -0.3 is 14.8 Å². The summed E-state index contributed by atoms with van der Waals surface area (Å²) in [7, 11) is -4.51. The van der Waals surface area contributed by atoms with Crippen LogP contribution < -0.4 is 14.8 Å². The van der Waals surface area contributed by atoms with Gasteiger partial charge >= 0.3 is 0 Å². The van der Waals surface area contributed by atoms with E-state index >= 15 is 0 Å². The van der Waals surface area contributed by atoms with Gasteiger partial charge in [-0.1, -0.05) is 0 Å². The number of halogens is 1. The lowest BCUT2D eigenvalue weighted by Crippen LogP contribution is -2.33. The molecule has 0 unspecified atom stereocenters. The number of hydrogen-bond acceptors (Lipinski definition) is 7. The third kappa shape index (κ3) is 6.91. The molecule has 0 aliphatic carbocycles. The molecule has 0 spiro atoms. The fourth-order valence-corrected chi connectivity index (χ4v) is 3.69. The highest BCUT2D eigenvalue weighted by atomic mass is 35.5. The molecule has 0 aliphatic rings. The average Bonchev–Trinajstić information content (AvgIpc) is 2.49. The quantitative estimate of drug-likeness (QED) is 0.531. The molecule has 1 aromatic rings. The molecule has 0 aromatic heterocycles. The van der Waals surface area contributed by atoms with E-state index in [1.807, 2.05) is 0 Å². The van der Waals surface area contributed by atoms with Gasteiger partial charge in [-0.15, -0.1) is 12.4 Å². The molecule has 24 heavy (non-hydrogen) atoms. The van der Waals surface area contributed by atoms with E-state index in [1.54, 1.807) is 7.11 Å².